The fraction of sp³-hybridized carbons (Fsp3) is 0.333. The molecule has 1 heterocycles. The van der Waals surface area contributed by atoms with Crippen molar-refractivity contribution in [1.82, 2.24) is 5.32 Å². The van der Waals surface area contributed by atoms with Gasteiger partial charge in [-0.1, -0.05) is 19.1 Å². The molecule has 0 bridgehead atoms. The predicted molar refractivity (Wildman–Crippen MR) is 84.8 cm³/mol. The lowest BCUT2D eigenvalue weighted by molar-refractivity contribution is 0.309. The lowest BCUT2D eigenvalue weighted by Crippen LogP contribution is -2.13. The number of nitrogens with one attached hydrogen (secondary N) is 1. The molecule has 0 atom stereocenters. The molecule has 0 fully saturated rings. The van der Waals surface area contributed by atoms with E-state index >= 15 is 0 Å². The Kier molecular flexibility index (Phi) is 5.89. The number of benzene rings is 1. The van der Waals surface area contributed by atoms with Gasteiger partial charge in [0.05, 0.1) is 0 Å². The predicted octanol–water partition coefficient (Wildman–Crippen LogP) is 4.59. The molecule has 102 valence electrons. The molecule has 1 aromatic carbocycles. The van der Waals surface area contributed by atoms with Crippen molar-refractivity contribution in [2.75, 3.05) is 6.54 Å². The van der Waals surface area contributed by atoms with Gasteiger partial charge in [-0.15, -0.1) is 11.3 Å². The van der Waals surface area contributed by atoms with Crippen molar-refractivity contribution < 1.29 is 4.74 Å². The SMILES string of the molecule is CCCNCc1cccc(OCc2cc(Br)cs2)c1. The summed E-state index contributed by atoms with van der Waals surface area (Å²) in [5, 5.41) is 5.47. The van der Waals surface area contributed by atoms with Gasteiger partial charge >= 0.3 is 0 Å². The van der Waals surface area contributed by atoms with Crippen molar-refractivity contribution in [3.05, 3.63) is 50.6 Å². The molecule has 2 nitrogen and oxygen atoms in total. The smallest absolute Gasteiger partial charge is 0.122 e. The molecule has 1 aromatic heterocycles. The van der Waals surface area contributed by atoms with Gasteiger partial charge in [0, 0.05) is 21.3 Å². The number of ether oxygens (including phenoxy) is 1. The highest BCUT2D eigenvalue weighted by Crippen LogP contribution is 2.22. The maximum Gasteiger partial charge on any atom is 0.122 e. The van der Waals surface area contributed by atoms with Gasteiger partial charge in [-0.25, -0.2) is 0 Å². The molecule has 0 radical (unpaired) electrons. The molecular formula is C15H18BrNOS. The first kappa shape index (κ1) is 14.6. The Balaban J connectivity index is 1.87. The minimum Gasteiger partial charge on any atom is -0.488 e. The van der Waals surface area contributed by atoms with E-state index in [1.54, 1.807) is 11.3 Å². The van der Waals surface area contributed by atoms with Gasteiger partial charge in [0.15, 0.2) is 0 Å². The largest absolute Gasteiger partial charge is 0.488 e. The van der Waals surface area contributed by atoms with E-state index < -0.39 is 0 Å². The zero-order valence-corrected chi connectivity index (χ0v) is 13.4. The summed E-state index contributed by atoms with van der Waals surface area (Å²) in [6.07, 6.45) is 1.16. The van der Waals surface area contributed by atoms with Gasteiger partial charge in [0.25, 0.3) is 0 Å². The molecule has 0 spiro atoms. The van der Waals surface area contributed by atoms with Crippen LogP contribution in [0.1, 0.15) is 23.8 Å². The van der Waals surface area contributed by atoms with E-state index in [0.29, 0.717) is 6.61 Å². The Morgan fingerprint density at radius 2 is 2.21 bits per heavy atom. The van der Waals surface area contributed by atoms with Crippen LogP contribution in [0, 0.1) is 0 Å². The highest BCUT2D eigenvalue weighted by molar-refractivity contribution is 9.10. The van der Waals surface area contributed by atoms with Crippen LogP contribution in [0.5, 0.6) is 5.75 Å². The van der Waals surface area contributed by atoms with Crippen molar-refractivity contribution in [1.29, 1.82) is 0 Å². The quantitative estimate of drug-likeness (QED) is 0.745. The third kappa shape index (κ3) is 4.97. The Morgan fingerprint density at radius 3 is 2.95 bits per heavy atom. The topological polar surface area (TPSA) is 21.3 Å². The molecule has 0 aliphatic heterocycles. The standard InChI is InChI=1S/C15H18BrNOS/c1-2-6-17-9-12-4-3-5-14(7-12)18-10-15-8-13(16)11-19-15/h3-5,7-8,11,17H,2,6,9-10H2,1H3. The van der Waals surface area contributed by atoms with Gasteiger partial charge in [0.2, 0.25) is 0 Å². The second-order valence-electron chi connectivity index (χ2n) is 4.34. The summed E-state index contributed by atoms with van der Waals surface area (Å²) < 4.78 is 6.93. The molecule has 0 unspecified atom stereocenters. The zero-order chi connectivity index (χ0) is 13.5. The van der Waals surface area contributed by atoms with Crippen molar-refractivity contribution >= 4 is 27.3 Å². The molecule has 1 N–H and O–H groups in total. The maximum atomic E-state index is 5.81. The van der Waals surface area contributed by atoms with E-state index in [1.165, 1.54) is 10.4 Å². The van der Waals surface area contributed by atoms with Crippen LogP contribution in [0.25, 0.3) is 0 Å². The van der Waals surface area contributed by atoms with Gasteiger partial charge in [-0.2, -0.15) is 0 Å². The van der Waals surface area contributed by atoms with Crippen LogP contribution in [0.3, 0.4) is 0 Å². The number of hydrogen-bond donors (Lipinski definition) is 1. The van der Waals surface area contributed by atoms with Crippen LogP contribution in [0.4, 0.5) is 0 Å². The summed E-state index contributed by atoms with van der Waals surface area (Å²) in [4.78, 5) is 1.22. The Bertz CT molecular complexity index is 512. The van der Waals surface area contributed by atoms with E-state index in [0.717, 1.165) is 29.7 Å². The number of thiophene rings is 1. The maximum absolute atomic E-state index is 5.81. The average molecular weight is 340 g/mol. The average Bonchev–Trinajstić information content (AvgIpc) is 2.83. The normalized spacial score (nSPS) is 10.6. The molecular weight excluding hydrogens is 322 g/mol. The van der Waals surface area contributed by atoms with Crippen LogP contribution >= 0.6 is 27.3 Å². The van der Waals surface area contributed by atoms with E-state index in [1.807, 2.05) is 12.1 Å². The number of halogens is 1. The molecule has 0 saturated heterocycles. The van der Waals surface area contributed by atoms with Crippen molar-refractivity contribution in [2.45, 2.75) is 26.5 Å². The number of hydrogen-bond acceptors (Lipinski definition) is 3. The second-order valence-corrected chi connectivity index (χ2v) is 6.26. The van der Waals surface area contributed by atoms with E-state index in [-0.39, 0.29) is 0 Å². The van der Waals surface area contributed by atoms with Crippen molar-refractivity contribution in [3.63, 3.8) is 0 Å². The van der Waals surface area contributed by atoms with Crippen LogP contribution in [-0.2, 0) is 13.2 Å². The lowest BCUT2D eigenvalue weighted by Gasteiger charge is -2.08. The highest BCUT2D eigenvalue weighted by Gasteiger charge is 2.00. The lowest BCUT2D eigenvalue weighted by atomic mass is 10.2. The summed E-state index contributed by atoms with van der Waals surface area (Å²) in [7, 11) is 0. The summed E-state index contributed by atoms with van der Waals surface area (Å²) >= 11 is 5.16. The Morgan fingerprint density at radius 1 is 1.32 bits per heavy atom. The van der Waals surface area contributed by atoms with Crippen LogP contribution in [0.15, 0.2) is 40.2 Å². The summed E-state index contributed by atoms with van der Waals surface area (Å²) in [6, 6.07) is 10.4. The monoisotopic (exact) mass is 339 g/mol. The van der Waals surface area contributed by atoms with Crippen molar-refractivity contribution in [3.8, 4) is 5.75 Å². The fourth-order valence-electron chi connectivity index (χ4n) is 1.74. The molecule has 0 aliphatic carbocycles. The first-order valence-electron chi connectivity index (χ1n) is 6.43. The van der Waals surface area contributed by atoms with E-state index in [4.69, 9.17) is 4.74 Å². The highest BCUT2D eigenvalue weighted by atomic mass is 79.9. The van der Waals surface area contributed by atoms with Gasteiger partial charge in [0.1, 0.15) is 12.4 Å². The van der Waals surface area contributed by atoms with E-state index in [9.17, 15) is 0 Å². The minimum atomic E-state index is 0.627. The molecule has 0 saturated carbocycles. The summed E-state index contributed by atoms with van der Waals surface area (Å²) in [5.74, 6) is 0.931. The Hall–Kier alpha value is -0.840. The molecule has 19 heavy (non-hydrogen) atoms. The van der Waals surface area contributed by atoms with Gasteiger partial charge in [-0.05, 0) is 52.7 Å². The van der Waals surface area contributed by atoms with Gasteiger partial charge < -0.3 is 10.1 Å². The molecule has 2 aromatic rings. The first-order chi connectivity index (χ1) is 9.28. The molecule has 0 aliphatic rings. The zero-order valence-electron chi connectivity index (χ0n) is 11.0. The summed E-state index contributed by atoms with van der Waals surface area (Å²) in [6.45, 7) is 4.75. The van der Waals surface area contributed by atoms with Crippen LogP contribution in [-0.4, -0.2) is 6.54 Å². The van der Waals surface area contributed by atoms with Crippen LogP contribution in [0.2, 0.25) is 0 Å². The van der Waals surface area contributed by atoms with E-state index in [2.05, 4.69) is 51.7 Å². The minimum absolute atomic E-state index is 0.627. The Labute approximate surface area is 126 Å². The summed E-state index contributed by atoms with van der Waals surface area (Å²) in [5.41, 5.74) is 1.26. The third-order valence-electron chi connectivity index (χ3n) is 2.66. The van der Waals surface area contributed by atoms with Crippen LogP contribution < -0.4 is 10.1 Å². The van der Waals surface area contributed by atoms with Crippen molar-refractivity contribution in [2.24, 2.45) is 0 Å². The molecule has 2 rings (SSSR count). The first-order valence-corrected chi connectivity index (χ1v) is 8.10. The molecule has 0 amide bonds. The second kappa shape index (κ2) is 7.68. The van der Waals surface area contributed by atoms with Gasteiger partial charge in [-0.3, -0.25) is 0 Å². The molecule has 4 heteroatoms. The number of rotatable bonds is 7. The third-order valence-corrected chi connectivity index (χ3v) is 4.33. The fourth-order valence-corrected chi connectivity index (χ4v) is 3.10.